The molecule has 0 radical (unpaired) electrons. The molecule has 1 aromatic heterocycles. The minimum absolute atomic E-state index is 0. The van der Waals surface area contributed by atoms with Gasteiger partial charge in [-0.15, -0.1) is 0 Å². The van der Waals surface area contributed by atoms with Crippen molar-refractivity contribution in [3.63, 3.8) is 0 Å². The van der Waals surface area contributed by atoms with E-state index in [-0.39, 0.29) is 53.0 Å². The molecule has 2 aromatic rings. The Hall–Kier alpha value is -1.11. The van der Waals surface area contributed by atoms with Crippen LogP contribution in [0.5, 0.6) is 0 Å². The first kappa shape index (κ1) is 21.2. The Kier molecular flexibility index (Phi) is 7.92. The van der Waals surface area contributed by atoms with Gasteiger partial charge in [-0.05, 0) is 24.1 Å². The van der Waals surface area contributed by atoms with Crippen molar-refractivity contribution >= 4 is 11.6 Å². The van der Waals surface area contributed by atoms with E-state index in [2.05, 4.69) is 26.9 Å². The van der Waals surface area contributed by atoms with Gasteiger partial charge in [-0.25, -0.2) is 4.39 Å². The summed E-state index contributed by atoms with van der Waals surface area (Å²) in [7, 11) is 1.97. The van der Waals surface area contributed by atoms with Gasteiger partial charge in [0.15, 0.2) is 0 Å². The molecule has 5 nitrogen and oxygen atoms in total. The normalized spacial score (nSPS) is 18.2. The Labute approximate surface area is 186 Å². The average molecular weight is 482 g/mol. The van der Waals surface area contributed by atoms with Gasteiger partial charge in [0, 0.05) is 26.7 Å². The predicted molar refractivity (Wildman–Crippen MR) is 96.4 cm³/mol. The fourth-order valence-electron chi connectivity index (χ4n) is 3.23. The zero-order valence-electron chi connectivity index (χ0n) is 14.8. The number of nitrogens with one attached hydrogen (secondary N) is 1. The Morgan fingerprint density at radius 2 is 2.08 bits per heavy atom. The number of likely N-dealkylation sites (tertiary alicyclic amines) is 1. The van der Waals surface area contributed by atoms with Crippen LogP contribution in [0.3, 0.4) is 0 Å². The Morgan fingerprint density at radius 3 is 2.62 bits per heavy atom. The fourth-order valence-corrected chi connectivity index (χ4v) is 3.23. The topological polar surface area (TPSA) is 60.2 Å². The Morgan fingerprint density at radius 1 is 1.35 bits per heavy atom. The third-order valence-corrected chi connectivity index (χ3v) is 4.69. The van der Waals surface area contributed by atoms with Crippen molar-refractivity contribution in [2.45, 2.75) is 18.6 Å². The van der Waals surface area contributed by atoms with Gasteiger partial charge in [0.2, 0.25) is 0 Å². The first-order valence-corrected chi connectivity index (χ1v) is 8.41. The van der Waals surface area contributed by atoms with Crippen LogP contribution in [0, 0.1) is 41.3 Å². The summed E-state index contributed by atoms with van der Waals surface area (Å²) in [4.78, 5) is 19.4. The van der Waals surface area contributed by atoms with E-state index in [1.807, 2.05) is 25.2 Å². The van der Waals surface area contributed by atoms with Crippen molar-refractivity contribution < 1.29 is 50.5 Å². The summed E-state index contributed by atoms with van der Waals surface area (Å²) >= 11 is 0. The molecule has 2 heterocycles. The summed E-state index contributed by atoms with van der Waals surface area (Å²) in [5, 5.41) is 0. The summed E-state index contributed by atoms with van der Waals surface area (Å²) in [5.41, 5.74) is 9.26. The number of aromatic nitrogens is 1. The van der Waals surface area contributed by atoms with Crippen molar-refractivity contribution in [2.24, 2.45) is 0 Å². The minimum Gasteiger partial charge on any atom is -0.662 e. The van der Waals surface area contributed by atoms with E-state index in [9.17, 15) is 9.18 Å². The number of carbonyl (C=O) groups is 1. The second-order valence-electron chi connectivity index (χ2n) is 6.41. The number of alkyl halides is 1. The van der Waals surface area contributed by atoms with Crippen LogP contribution in [0.4, 0.5) is 10.1 Å². The van der Waals surface area contributed by atoms with Gasteiger partial charge < -0.3 is 15.4 Å². The van der Waals surface area contributed by atoms with Crippen molar-refractivity contribution in [3.8, 4) is 0 Å². The van der Waals surface area contributed by atoms with Crippen LogP contribution in [0.15, 0.2) is 48.7 Å². The molecule has 1 saturated heterocycles. The number of halogens is 1. The van der Waals surface area contributed by atoms with Crippen LogP contribution >= 0.6 is 0 Å². The maximum atomic E-state index is 13.6. The molecule has 1 fully saturated rings. The number of rotatable bonds is 6. The predicted octanol–water partition coefficient (Wildman–Crippen LogP) is 3.50. The molecule has 1 aliphatic heterocycles. The summed E-state index contributed by atoms with van der Waals surface area (Å²) < 4.78 is 13.6. The van der Waals surface area contributed by atoms with Crippen molar-refractivity contribution in [2.75, 3.05) is 31.6 Å². The van der Waals surface area contributed by atoms with E-state index >= 15 is 0 Å². The van der Waals surface area contributed by atoms with E-state index in [0.717, 1.165) is 24.3 Å². The maximum absolute atomic E-state index is 13.6. The number of carbonyl (C=O) groups excluding carboxylic acids is 1. The first-order valence-electron chi connectivity index (χ1n) is 8.41. The molecule has 7 heteroatoms. The standard InChI is InChI=1S/C19H23FN4O.Pr/c1-23(16-7-8-17(19(21)25)22-11-16)18(14-5-3-2-4-6-14)13-24-10-9-15(20)12-24;/h2-8,11,15,18H,9-10,12-13H2,1H3,(H2,21,25);/q;+3/p-1. The fraction of sp³-hybridized carbons (Fsp3) is 0.368. The molecular weight excluding hydrogens is 460 g/mol. The monoisotopic (exact) mass is 482 g/mol. The van der Waals surface area contributed by atoms with Gasteiger partial charge in [-0.1, -0.05) is 30.3 Å². The largest absolute Gasteiger partial charge is 3.00 e. The number of nitrogens with zero attached hydrogens (tertiary/aromatic N) is 3. The molecule has 3 rings (SSSR count). The second kappa shape index (κ2) is 9.72. The van der Waals surface area contributed by atoms with Gasteiger partial charge in [0.25, 0.3) is 0 Å². The number of pyridine rings is 1. The van der Waals surface area contributed by atoms with Gasteiger partial charge in [0.1, 0.15) is 6.17 Å². The van der Waals surface area contributed by atoms with Crippen LogP contribution < -0.4 is 4.90 Å². The Bertz CT molecular complexity index is 713. The molecule has 0 saturated carbocycles. The number of benzene rings is 1. The smallest absolute Gasteiger partial charge is 0.662 e. The maximum Gasteiger partial charge on any atom is 3.00 e. The van der Waals surface area contributed by atoms with E-state index < -0.39 is 12.1 Å². The number of anilines is 1. The number of hydrogen-bond acceptors (Lipinski definition) is 4. The molecule has 1 N–H and O–H groups in total. The van der Waals surface area contributed by atoms with Crippen LogP contribution in [0.1, 0.15) is 28.5 Å². The second-order valence-corrected chi connectivity index (χ2v) is 6.41. The Balaban J connectivity index is 0.00000243. The van der Waals surface area contributed by atoms with Crippen LogP contribution in [-0.2, 0) is 0 Å². The minimum atomic E-state index is -0.792. The molecular formula is C19H22FN4OPr+2. The zero-order chi connectivity index (χ0) is 17.8. The molecule has 1 amide bonds. The summed E-state index contributed by atoms with van der Waals surface area (Å²) in [6.45, 7) is 1.96. The van der Waals surface area contributed by atoms with Gasteiger partial charge in [0.05, 0.1) is 29.5 Å². The molecule has 0 bridgehead atoms. The van der Waals surface area contributed by atoms with Crippen molar-refractivity contribution in [3.05, 3.63) is 65.7 Å². The molecule has 26 heavy (non-hydrogen) atoms. The quantitative estimate of drug-likeness (QED) is 0.633. The van der Waals surface area contributed by atoms with E-state index in [1.165, 1.54) is 0 Å². The van der Waals surface area contributed by atoms with Gasteiger partial charge in [-0.2, -0.15) is 0 Å². The summed E-state index contributed by atoms with van der Waals surface area (Å²) in [6, 6.07) is 13.5. The molecule has 1 aliphatic rings. The molecule has 2 atom stereocenters. The average Bonchev–Trinajstić information content (AvgIpc) is 3.05. The molecule has 1 aromatic carbocycles. The summed E-state index contributed by atoms with van der Waals surface area (Å²) in [6.07, 6.45) is 1.46. The molecule has 2 unspecified atom stereocenters. The first-order chi connectivity index (χ1) is 12.0. The van der Waals surface area contributed by atoms with Crippen LogP contribution in [0.25, 0.3) is 5.73 Å². The third kappa shape index (κ3) is 5.21. The van der Waals surface area contributed by atoms with Crippen molar-refractivity contribution in [1.82, 2.24) is 9.88 Å². The number of hydrogen-bond donors (Lipinski definition) is 0. The van der Waals surface area contributed by atoms with Gasteiger partial charge in [-0.3, -0.25) is 9.88 Å². The molecule has 0 spiro atoms. The van der Waals surface area contributed by atoms with E-state index in [1.54, 1.807) is 18.3 Å². The van der Waals surface area contributed by atoms with Crippen LogP contribution in [0.2, 0.25) is 0 Å². The third-order valence-electron chi connectivity index (χ3n) is 4.69. The summed E-state index contributed by atoms with van der Waals surface area (Å²) in [5.74, 6) is -0.792. The molecule has 132 valence electrons. The van der Waals surface area contributed by atoms with Crippen molar-refractivity contribution in [1.29, 1.82) is 0 Å². The SMILES string of the molecule is CN(c1ccc(C([NH-])=O)nc1)C(CN1CCC(F)C1)c1ccccc1.[Pr+3]. The zero-order valence-corrected chi connectivity index (χ0v) is 18.5. The van der Waals surface area contributed by atoms with E-state index in [0.29, 0.717) is 13.0 Å². The van der Waals surface area contributed by atoms with Gasteiger partial charge >= 0.3 is 41.3 Å². The number of amides is 1. The molecule has 0 aliphatic carbocycles. The van der Waals surface area contributed by atoms with E-state index in [4.69, 9.17) is 5.73 Å². The van der Waals surface area contributed by atoms with Crippen LogP contribution in [-0.4, -0.2) is 48.6 Å². The number of likely N-dealkylation sites (N-methyl/N-ethyl adjacent to an activating group) is 1.